The van der Waals surface area contributed by atoms with Gasteiger partial charge in [-0.2, -0.15) is 0 Å². The number of rotatable bonds is 6. The first-order valence-corrected chi connectivity index (χ1v) is 8.34. The van der Waals surface area contributed by atoms with Crippen LogP contribution in [0.5, 0.6) is 11.5 Å². The van der Waals surface area contributed by atoms with Gasteiger partial charge in [-0.1, -0.05) is 36.4 Å². The van der Waals surface area contributed by atoms with Crippen LogP contribution in [0, 0.1) is 5.92 Å². The second-order valence-electron chi connectivity index (χ2n) is 6.31. The Hall–Kier alpha value is -2.04. The van der Waals surface area contributed by atoms with E-state index in [0.29, 0.717) is 0 Å². The fourth-order valence-corrected chi connectivity index (χ4v) is 3.69. The molecule has 1 fully saturated rings. The lowest BCUT2D eigenvalue weighted by Crippen LogP contribution is -2.20. The average Bonchev–Trinajstić information content (AvgIpc) is 3.04. The Morgan fingerprint density at radius 3 is 2.21 bits per heavy atom. The van der Waals surface area contributed by atoms with Gasteiger partial charge >= 0.3 is 0 Å². The molecule has 1 N–H and O–H groups in total. The molecule has 2 aromatic rings. The number of aliphatic hydroxyl groups excluding tert-OH is 1. The number of ether oxygens (including phenoxy) is 2. The standard InChI is InChI=1S/C20H25NO3/c1-23-18-9-6-10-19(24-2)20(18)17-13-21(12-16(17)14-22)11-15-7-4-3-5-8-15/h3-10,16-17,22H,11-14H2,1-2H3. The van der Waals surface area contributed by atoms with Crippen LogP contribution >= 0.6 is 0 Å². The molecule has 1 aliphatic rings. The summed E-state index contributed by atoms with van der Waals surface area (Å²) in [4.78, 5) is 2.40. The van der Waals surface area contributed by atoms with Crippen molar-refractivity contribution >= 4 is 0 Å². The van der Waals surface area contributed by atoms with Crippen molar-refractivity contribution in [3.05, 3.63) is 59.7 Å². The molecule has 0 aliphatic carbocycles. The van der Waals surface area contributed by atoms with Gasteiger partial charge < -0.3 is 14.6 Å². The average molecular weight is 327 g/mol. The minimum Gasteiger partial charge on any atom is -0.496 e. The molecule has 128 valence electrons. The summed E-state index contributed by atoms with van der Waals surface area (Å²) >= 11 is 0. The van der Waals surface area contributed by atoms with Crippen molar-refractivity contribution in [1.29, 1.82) is 0 Å². The van der Waals surface area contributed by atoms with Gasteiger partial charge in [-0.3, -0.25) is 4.90 Å². The Balaban J connectivity index is 1.85. The fourth-order valence-electron chi connectivity index (χ4n) is 3.69. The van der Waals surface area contributed by atoms with Gasteiger partial charge in [-0.25, -0.2) is 0 Å². The van der Waals surface area contributed by atoms with Crippen molar-refractivity contribution in [2.24, 2.45) is 5.92 Å². The molecule has 24 heavy (non-hydrogen) atoms. The van der Waals surface area contributed by atoms with E-state index >= 15 is 0 Å². The molecule has 1 aliphatic heterocycles. The van der Waals surface area contributed by atoms with Crippen molar-refractivity contribution in [2.75, 3.05) is 33.9 Å². The Labute approximate surface area is 143 Å². The Morgan fingerprint density at radius 1 is 0.958 bits per heavy atom. The summed E-state index contributed by atoms with van der Waals surface area (Å²) in [6, 6.07) is 16.3. The third-order valence-corrected chi connectivity index (χ3v) is 4.84. The van der Waals surface area contributed by atoms with Crippen molar-refractivity contribution in [1.82, 2.24) is 4.90 Å². The Bertz CT molecular complexity index is 637. The summed E-state index contributed by atoms with van der Waals surface area (Å²) in [6.45, 7) is 2.82. The smallest absolute Gasteiger partial charge is 0.126 e. The van der Waals surface area contributed by atoms with Crippen molar-refractivity contribution in [2.45, 2.75) is 12.5 Å². The van der Waals surface area contributed by atoms with E-state index in [-0.39, 0.29) is 18.4 Å². The van der Waals surface area contributed by atoms with E-state index in [0.717, 1.165) is 36.7 Å². The van der Waals surface area contributed by atoms with E-state index in [9.17, 15) is 5.11 Å². The minimum absolute atomic E-state index is 0.164. The fraction of sp³-hybridized carbons (Fsp3) is 0.400. The minimum atomic E-state index is 0.164. The number of likely N-dealkylation sites (tertiary alicyclic amines) is 1. The van der Waals surface area contributed by atoms with Crippen LogP contribution in [0.1, 0.15) is 17.0 Å². The van der Waals surface area contributed by atoms with E-state index < -0.39 is 0 Å². The normalized spacial score (nSPS) is 21.0. The molecule has 2 atom stereocenters. The predicted molar refractivity (Wildman–Crippen MR) is 94.6 cm³/mol. The molecule has 2 aromatic carbocycles. The molecule has 3 rings (SSSR count). The highest BCUT2D eigenvalue weighted by Crippen LogP contribution is 2.42. The molecule has 0 amide bonds. The first-order chi connectivity index (χ1) is 11.8. The maximum atomic E-state index is 9.90. The van der Waals surface area contributed by atoms with Crippen LogP contribution in [-0.2, 0) is 6.54 Å². The van der Waals surface area contributed by atoms with Crippen LogP contribution < -0.4 is 9.47 Å². The van der Waals surface area contributed by atoms with Crippen LogP contribution in [-0.4, -0.2) is 43.9 Å². The SMILES string of the molecule is COc1cccc(OC)c1C1CN(Cc2ccccc2)CC1CO. The van der Waals surface area contributed by atoms with Gasteiger partial charge in [0.2, 0.25) is 0 Å². The zero-order valence-corrected chi connectivity index (χ0v) is 14.3. The number of aliphatic hydroxyl groups is 1. The van der Waals surface area contributed by atoms with Crippen LogP contribution in [0.4, 0.5) is 0 Å². The summed E-state index contributed by atoms with van der Waals surface area (Å²) < 4.78 is 11.1. The van der Waals surface area contributed by atoms with Gasteiger partial charge in [-0.05, 0) is 17.7 Å². The molecule has 1 heterocycles. The molecule has 1 saturated heterocycles. The largest absolute Gasteiger partial charge is 0.496 e. The molecular formula is C20H25NO3. The number of benzene rings is 2. The predicted octanol–water partition coefficient (Wildman–Crippen LogP) is 2.91. The number of hydrogen-bond acceptors (Lipinski definition) is 4. The summed E-state index contributed by atoms with van der Waals surface area (Å²) in [5, 5.41) is 9.90. The van der Waals surface area contributed by atoms with E-state index in [1.54, 1.807) is 14.2 Å². The van der Waals surface area contributed by atoms with E-state index in [1.807, 2.05) is 24.3 Å². The lowest BCUT2D eigenvalue weighted by molar-refractivity contribution is 0.212. The molecule has 0 saturated carbocycles. The highest BCUT2D eigenvalue weighted by molar-refractivity contribution is 5.48. The molecule has 0 radical (unpaired) electrons. The monoisotopic (exact) mass is 327 g/mol. The molecule has 0 spiro atoms. The van der Waals surface area contributed by atoms with Crippen LogP contribution in [0.15, 0.2) is 48.5 Å². The van der Waals surface area contributed by atoms with Gasteiger partial charge in [-0.15, -0.1) is 0 Å². The second kappa shape index (κ2) is 7.69. The number of nitrogens with zero attached hydrogens (tertiary/aromatic N) is 1. The number of hydrogen-bond donors (Lipinski definition) is 1. The van der Waals surface area contributed by atoms with Crippen LogP contribution in [0.3, 0.4) is 0 Å². The summed E-state index contributed by atoms with van der Waals surface area (Å²) in [7, 11) is 3.37. The Kier molecular flexibility index (Phi) is 5.38. The molecule has 4 heteroatoms. The second-order valence-corrected chi connectivity index (χ2v) is 6.31. The van der Waals surface area contributed by atoms with Gasteiger partial charge in [0.05, 0.1) is 14.2 Å². The quantitative estimate of drug-likeness (QED) is 0.886. The highest BCUT2D eigenvalue weighted by atomic mass is 16.5. The molecule has 0 aromatic heterocycles. The van der Waals surface area contributed by atoms with Crippen molar-refractivity contribution in [3.8, 4) is 11.5 Å². The molecule has 2 unspecified atom stereocenters. The molecule has 0 bridgehead atoms. The zero-order chi connectivity index (χ0) is 16.9. The zero-order valence-electron chi connectivity index (χ0n) is 14.3. The van der Waals surface area contributed by atoms with Crippen molar-refractivity contribution in [3.63, 3.8) is 0 Å². The van der Waals surface area contributed by atoms with Crippen LogP contribution in [0.25, 0.3) is 0 Å². The van der Waals surface area contributed by atoms with E-state index in [4.69, 9.17) is 9.47 Å². The highest BCUT2D eigenvalue weighted by Gasteiger charge is 2.36. The summed E-state index contributed by atoms with van der Waals surface area (Å²) in [5.74, 6) is 2.04. The molecular weight excluding hydrogens is 302 g/mol. The lowest BCUT2D eigenvalue weighted by atomic mass is 9.88. The lowest BCUT2D eigenvalue weighted by Gasteiger charge is -2.22. The van der Waals surface area contributed by atoms with Gasteiger partial charge in [0.25, 0.3) is 0 Å². The van der Waals surface area contributed by atoms with E-state index in [1.165, 1.54) is 5.56 Å². The summed E-state index contributed by atoms with van der Waals surface area (Å²) in [6.07, 6.45) is 0. The van der Waals surface area contributed by atoms with Gasteiger partial charge in [0.15, 0.2) is 0 Å². The first-order valence-electron chi connectivity index (χ1n) is 8.34. The number of methoxy groups -OCH3 is 2. The van der Waals surface area contributed by atoms with Gasteiger partial charge in [0.1, 0.15) is 11.5 Å². The summed E-state index contributed by atoms with van der Waals surface area (Å²) in [5.41, 5.74) is 2.36. The van der Waals surface area contributed by atoms with E-state index in [2.05, 4.69) is 29.2 Å². The maximum Gasteiger partial charge on any atom is 0.126 e. The molecule has 4 nitrogen and oxygen atoms in total. The topological polar surface area (TPSA) is 41.9 Å². The van der Waals surface area contributed by atoms with Gasteiger partial charge in [0, 0.05) is 43.6 Å². The van der Waals surface area contributed by atoms with Crippen LogP contribution in [0.2, 0.25) is 0 Å². The Morgan fingerprint density at radius 2 is 1.62 bits per heavy atom. The third-order valence-electron chi connectivity index (χ3n) is 4.84. The maximum absolute atomic E-state index is 9.90. The first kappa shape index (κ1) is 16.8. The van der Waals surface area contributed by atoms with Crippen molar-refractivity contribution < 1.29 is 14.6 Å². The third kappa shape index (κ3) is 3.40.